The molecule has 3 aromatic rings. The van der Waals surface area contributed by atoms with E-state index in [1.807, 2.05) is 13.8 Å². The molecule has 0 amide bonds. The number of benzene rings is 3. The Bertz CT molecular complexity index is 1290. The van der Waals surface area contributed by atoms with Crippen molar-refractivity contribution in [1.29, 1.82) is 0 Å². The van der Waals surface area contributed by atoms with Crippen molar-refractivity contribution >= 4 is 31.4 Å². The van der Waals surface area contributed by atoms with Gasteiger partial charge in [-0.1, -0.05) is 47.5 Å². The van der Waals surface area contributed by atoms with Crippen LogP contribution in [0.25, 0.3) is 0 Å². The van der Waals surface area contributed by atoms with Crippen molar-refractivity contribution in [1.82, 2.24) is 0 Å². The Hall–Kier alpha value is -3.10. The third kappa shape index (κ3) is 4.42. The van der Waals surface area contributed by atoms with Gasteiger partial charge in [0.15, 0.2) is 0 Å². The first-order chi connectivity index (χ1) is 15.2. The predicted octanol–water partition coefficient (Wildman–Crippen LogP) is 4.72. The van der Waals surface area contributed by atoms with Crippen LogP contribution in [0.2, 0.25) is 0 Å². The summed E-state index contributed by atoms with van der Waals surface area (Å²) < 4.78 is 57.0. The third-order valence-corrected chi connectivity index (χ3v) is 8.40. The first-order valence-corrected chi connectivity index (χ1v) is 13.1. The van der Waals surface area contributed by atoms with E-state index in [-0.39, 0.29) is 9.79 Å². The van der Waals surface area contributed by atoms with Gasteiger partial charge >= 0.3 is 0 Å². The summed E-state index contributed by atoms with van der Waals surface area (Å²) in [6, 6.07) is 19.6. The normalized spacial score (nSPS) is 14.1. The van der Waals surface area contributed by atoms with Crippen molar-refractivity contribution in [3.63, 3.8) is 0 Å². The van der Waals surface area contributed by atoms with E-state index in [4.69, 9.17) is 0 Å². The highest BCUT2D eigenvalue weighted by molar-refractivity contribution is 7.93. The van der Waals surface area contributed by atoms with Crippen LogP contribution < -0.4 is 9.44 Å². The molecule has 0 spiro atoms. The maximum Gasteiger partial charge on any atom is 0.261 e. The van der Waals surface area contributed by atoms with Crippen molar-refractivity contribution < 1.29 is 16.8 Å². The van der Waals surface area contributed by atoms with Gasteiger partial charge in [0.05, 0.1) is 21.2 Å². The lowest BCUT2D eigenvalue weighted by Gasteiger charge is -2.25. The number of nitrogens with one attached hydrogen (secondary N) is 2. The zero-order valence-corrected chi connectivity index (χ0v) is 19.4. The van der Waals surface area contributed by atoms with Crippen molar-refractivity contribution in [3.8, 4) is 0 Å². The van der Waals surface area contributed by atoms with E-state index >= 15 is 0 Å². The number of hydrogen-bond acceptors (Lipinski definition) is 4. The highest BCUT2D eigenvalue weighted by Gasteiger charge is 2.25. The van der Waals surface area contributed by atoms with Crippen molar-refractivity contribution in [2.75, 3.05) is 9.44 Å². The minimum Gasteiger partial charge on any atom is -0.279 e. The van der Waals surface area contributed by atoms with Crippen molar-refractivity contribution in [2.24, 2.45) is 0 Å². The molecule has 8 heteroatoms. The highest BCUT2D eigenvalue weighted by atomic mass is 32.2. The number of allylic oxidation sites excluding steroid dienone is 2. The lowest BCUT2D eigenvalue weighted by Crippen LogP contribution is -2.19. The molecule has 0 saturated carbocycles. The lowest BCUT2D eigenvalue weighted by molar-refractivity contribution is 0.599. The average Bonchev–Trinajstić information content (AvgIpc) is 2.78. The van der Waals surface area contributed by atoms with E-state index in [9.17, 15) is 16.8 Å². The fourth-order valence-electron chi connectivity index (χ4n) is 3.73. The number of fused-ring (bicyclic) bond motifs is 1. The molecule has 0 aromatic heterocycles. The first kappa shape index (κ1) is 22.1. The Balaban J connectivity index is 1.75. The molecule has 3 aromatic carbocycles. The summed E-state index contributed by atoms with van der Waals surface area (Å²) in [6.45, 7) is 4.02. The molecule has 0 bridgehead atoms. The Morgan fingerprint density at radius 3 is 1.25 bits per heavy atom. The van der Waals surface area contributed by atoms with E-state index in [0.717, 1.165) is 22.3 Å². The van der Waals surface area contributed by atoms with Crippen LogP contribution in [0.15, 0.2) is 93.7 Å². The Morgan fingerprint density at radius 2 is 0.906 bits per heavy atom. The van der Waals surface area contributed by atoms with Gasteiger partial charge < -0.3 is 0 Å². The summed E-state index contributed by atoms with van der Waals surface area (Å²) in [5, 5.41) is 0. The van der Waals surface area contributed by atoms with Gasteiger partial charge in [-0.2, -0.15) is 0 Å². The molecule has 4 rings (SSSR count). The fraction of sp³-hybridized carbons (Fsp3) is 0.167. The van der Waals surface area contributed by atoms with E-state index in [0.29, 0.717) is 24.2 Å². The van der Waals surface area contributed by atoms with Crippen LogP contribution in [0.3, 0.4) is 0 Å². The summed E-state index contributed by atoms with van der Waals surface area (Å²) >= 11 is 0. The van der Waals surface area contributed by atoms with Gasteiger partial charge in [0, 0.05) is 0 Å². The molecular formula is C24H24N2O4S2. The van der Waals surface area contributed by atoms with Gasteiger partial charge in [-0.05, 0) is 74.2 Å². The molecule has 0 radical (unpaired) electrons. The summed E-state index contributed by atoms with van der Waals surface area (Å²) in [5.41, 5.74) is 4.75. The maximum absolute atomic E-state index is 12.9. The second kappa shape index (κ2) is 8.44. The second-order valence-corrected chi connectivity index (χ2v) is 11.2. The predicted molar refractivity (Wildman–Crippen MR) is 127 cm³/mol. The van der Waals surface area contributed by atoms with Crippen LogP contribution in [0, 0.1) is 0 Å². The molecule has 0 saturated heterocycles. The molecule has 166 valence electrons. The SMILES string of the molecule is CC1=C(C)Cc2c(NS(=O)(=O)c3ccccc3)ccc(NS(=O)(=O)c3ccccc3)c2C1. The minimum atomic E-state index is -3.77. The number of hydrogen-bond donors (Lipinski definition) is 2. The molecule has 0 unspecified atom stereocenters. The molecule has 1 aliphatic rings. The van der Waals surface area contributed by atoms with Crippen LogP contribution in [0.1, 0.15) is 25.0 Å². The van der Waals surface area contributed by atoms with Gasteiger partial charge in [-0.3, -0.25) is 9.44 Å². The first-order valence-electron chi connectivity index (χ1n) is 10.1. The maximum atomic E-state index is 12.9. The van der Waals surface area contributed by atoms with Gasteiger partial charge in [0.2, 0.25) is 0 Å². The summed E-state index contributed by atoms with van der Waals surface area (Å²) in [4.78, 5) is 0.337. The summed E-state index contributed by atoms with van der Waals surface area (Å²) in [7, 11) is -7.55. The van der Waals surface area contributed by atoms with Crippen LogP contribution in [-0.2, 0) is 32.9 Å². The number of anilines is 2. The van der Waals surface area contributed by atoms with Crippen LogP contribution >= 0.6 is 0 Å². The number of rotatable bonds is 6. The Labute approximate surface area is 189 Å². The fourth-order valence-corrected chi connectivity index (χ4v) is 5.95. The molecule has 0 fully saturated rings. The van der Waals surface area contributed by atoms with Crippen LogP contribution in [0.5, 0.6) is 0 Å². The van der Waals surface area contributed by atoms with E-state index in [2.05, 4.69) is 9.44 Å². The van der Waals surface area contributed by atoms with Crippen LogP contribution in [-0.4, -0.2) is 16.8 Å². The molecule has 1 aliphatic carbocycles. The largest absolute Gasteiger partial charge is 0.279 e. The molecule has 32 heavy (non-hydrogen) atoms. The van der Waals surface area contributed by atoms with E-state index in [1.54, 1.807) is 48.5 Å². The molecule has 6 nitrogen and oxygen atoms in total. The quantitative estimate of drug-likeness (QED) is 0.512. The van der Waals surface area contributed by atoms with E-state index in [1.165, 1.54) is 24.3 Å². The minimum absolute atomic E-state index is 0.168. The van der Waals surface area contributed by atoms with Gasteiger partial charge in [-0.25, -0.2) is 16.8 Å². The van der Waals surface area contributed by atoms with Crippen LogP contribution in [0.4, 0.5) is 11.4 Å². The lowest BCUT2D eigenvalue weighted by atomic mass is 9.85. The highest BCUT2D eigenvalue weighted by Crippen LogP contribution is 2.37. The third-order valence-electron chi connectivity index (χ3n) is 5.64. The summed E-state index contributed by atoms with van der Waals surface area (Å²) in [5.74, 6) is 0. The van der Waals surface area contributed by atoms with Gasteiger partial charge in [0.25, 0.3) is 20.0 Å². The standard InChI is InChI=1S/C24H24N2O4S2/c1-17-15-21-22(16-18(17)2)24(26-32(29,30)20-11-7-4-8-12-20)14-13-23(21)25-31(27,28)19-9-5-3-6-10-19/h3-14,25-26H,15-16H2,1-2H3. The average molecular weight is 469 g/mol. The van der Waals surface area contributed by atoms with Gasteiger partial charge in [-0.15, -0.1) is 0 Å². The smallest absolute Gasteiger partial charge is 0.261 e. The molecule has 2 N–H and O–H groups in total. The topological polar surface area (TPSA) is 92.3 Å². The Morgan fingerprint density at radius 1 is 0.562 bits per heavy atom. The second-order valence-electron chi connectivity index (χ2n) is 7.87. The summed E-state index contributed by atoms with van der Waals surface area (Å²) in [6.07, 6.45) is 1.07. The van der Waals surface area contributed by atoms with E-state index < -0.39 is 20.0 Å². The zero-order valence-electron chi connectivity index (χ0n) is 17.8. The molecular weight excluding hydrogens is 444 g/mol. The van der Waals surface area contributed by atoms with Crippen molar-refractivity contribution in [2.45, 2.75) is 36.5 Å². The van der Waals surface area contributed by atoms with Crippen molar-refractivity contribution in [3.05, 3.63) is 95.1 Å². The monoisotopic (exact) mass is 468 g/mol. The molecule has 0 atom stereocenters. The Kier molecular flexibility index (Phi) is 5.83. The molecule has 0 aliphatic heterocycles. The van der Waals surface area contributed by atoms with Gasteiger partial charge in [0.1, 0.15) is 0 Å². The zero-order chi connectivity index (χ0) is 22.9. The molecule has 0 heterocycles. The number of sulfonamides is 2.